The first kappa shape index (κ1) is 28.4. The SMILES string of the molecule is C[C@H](CO)N1C[C@H](C)[C@H](CN(C)C(=O)NC2CCCCC2)Oc2ncc(C#Cc3ccc(F)cc3)cc2C1=O. The second kappa shape index (κ2) is 12.9. The Labute approximate surface area is 229 Å². The summed E-state index contributed by atoms with van der Waals surface area (Å²) < 4.78 is 19.5. The maximum atomic E-state index is 13.6. The molecule has 3 atom stereocenters. The molecular weight excluding hydrogens is 499 g/mol. The van der Waals surface area contributed by atoms with Crippen LogP contribution in [0.2, 0.25) is 0 Å². The van der Waals surface area contributed by atoms with E-state index in [1.165, 1.54) is 24.8 Å². The lowest BCUT2D eigenvalue weighted by atomic mass is 9.96. The fourth-order valence-corrected chi connectivity index (χ4v) is 4.95. The van der Waals surface area contributed by atoms with E-state index in [0.29, 0.717) is 24.2 Å². The number of hydrogen-bond donors (Lipinski definition) is 2. The number of fused-ring (bicyclic) bond motifs is 1. The maximum Gasteiger partial charge on any atom is 0.317 e. The molecular formula is C30H37FN4O4. The monoisotopic (exact) mass is 536 g/mol. The summed E-state index contributed by atoms with van der Waals surface area (Å²) in [7, 11) is 1.74. The molecule has 2 aliphatic rings. The second-order valence-corrected chi connectivity index (χ2v) is 10.6. The third-order valence-electron chi connectivity index (χ3n) is 7.45. The molecule has 2 aromatic rings. The number of aliphatic hydroxyl groups excluding tert-OH is 1. The van der Waals surface area contributed by atoms with Crippen molar-refractivity contribution in [1.82, 2.24) is 20.1 Å². The van der Waals surface area contributed by atoms with Crippen molar-refractivity contribution in [2.45, 2.75) is 64.1 Å². The van der Waals surface area contributed by atoms with Gasteiger partial charge in [-0.3, -0.25) is 4.79 Å². The molecule has 9 heteroatoms. The van der Waals surface area contributed by atoms with Crippen molar-refractivity contribution in [2.75, 3.05) is 26.7 Å². The van der Waals surface area contributed by atoms with Crippen LogP contribution < -0.4 is 10.1 Å². The highest BCUT2D eigenvalue weighted by Crippen LogP contribution is 2.27. The van der Waals surface area contributed by atoms with Crippen LogP contribution in [0.4, 0.5) is 9.18 Å². The zero-order chi connectivity index (χ0) is 27.9. The van der Waals surface area contributed by atoms with Gasteiger partial charge < -0.3 is 25.0 Å². The van der Waals surface area contributed by atoms with E-state index in [1.54, 1.807) is 42.0 Å². The Kier molecular flexibility index (Phi) is 9.41. The number of aromatic nitrogens is 1. The number of ether oxygens (including phenoxy) is 1. The molecule has 8 nitrogen and oxygen atoms in total. The van der Waals surface area contributed by atoms with Gasteiger partial charge in [0.2, 0.25) is 5.88 Å². The molecule has 4 rings (SSSR count). The third kappa shape index (κ3) is 7.27. The van der Waals surface area contributed by atoms with Crippen LogP contribution in [0.5, 0.6) is 5.88 Å². The summed E-state index contributed by atoms with van der Waals surface area (Å²) in [4.78, 5) is 34.2. The number of benzene rings is 1. The number of carbonyl (C=O) groups excluding carboxylic acids is 2. The number of amides is 3. The van der Waals surface area contributed by atoms with E-state index in [9.17, 15) is 19.1 Å². The molecule has 208 valence electrons. The smallest absolute Gasteiger partial charge is 0.317 e. The summed E-state index contributed by atoms with van der Waals surface area (Å²) in [6, 6.07) is 7.09. The third-order valence-corrected chi connectivity index (χ3v) is 7.45. The van der Waals surface area contributed by atoms with E-state index in [4.69, 9.17) is 4.74 Å². The van der Waals surface area contributed by atoms with Gasteiger partial charge in [-0.05, 0) is 50.1 Å². The minimum Gasteiger partial charge on any atom is -0.472 e. The Morgan fingerprint density at radius 3 is 2.62 bits per heavy atom. The van der Waals surface area contributed by atoms with Crippen molar-refractivity contribution in [2.24, 2.45) is 5.92 Å². The van der Waals surface area contributed by atoms with Gasteiger partial charge in [0.05, 0.1) is 19.2 Å². The zero-order valence-electron chi connectivity index (χ0n) is 22.8. The number of urea groups is 1. The predicted octanol–water partition coefficient (Wildman–Crippen LogP) is 3.81. The maximum absolute atomic E-state index is 13.6. The molecule has 2 heterocycles. The molecule has 2 N–H and O–H groups in total. The molecule has 0 spiro atoms. The zero-order valence-corrected chi connectivity index (χ0v) is 22.8. The molecule has 39 heavy (non-hydrogen) atoms. The highest BCUT2D eigenvalue weighted by atomic mass is 19.1. The van der Waals surface area contributed by atoms with Gasteiger partial charge >= 0.3 is 6.03 Å². The molecule has 1 aromatic heterocycles. The normalized spacial score (nSPS) is 20.4. The van der Waals surface area contributed by atoms with Crippen molar-refractivity contribution < 1.29 is 23.8 Å². The average molecular weight is 537 g/mol. The summed E-state index contributed by atoms with van der Waals surface area (Å²) in [6.45, 7) is 4.21. The fraction of sp³-hybridized carbons (Fsp3) is 0.500. The first-order chi connectivity index (χ1) is 18.7. The number of nitrogens with one attached hydrogen (secondary N) is 1. The van der Waals surface area contributed by atoms with E-state index in [1.807, 2.05) is 6.92 Å². The van der Waals surface area contributed by atoms with Crippen LogP contribution in [0.25, 0.3) is 0 Å². The lowest BCUT2D eigenvalue weighted by molar-refractivity contribution is 0.0351. The molecule has 3 amide bonds. The quantitative estimate of drug-likeness (QED) is 0.567. The number of carbonyl (C=O) groups is 2. The fourth-order valence-electron chi connectivity index (χ4n) is 4.95. The number of rotatable bonds is 5. The topological polar surface area (TPSA) is 95.0 Å². The Morgan fingerprint density at radius 1 is 1.23 bits per heavy atom. The van der Waals surface area contributed by atoms with Crippen molar-refractivity contribution in [3.8, 4) is 17.7 Å². The molecule has 1 saturated carbocycles. The van der Waals surface area contributed by atoms with E-state index in [0.717, 1.165) is 25.7 Å². The molecule has 0 unspecified atom stereocenters. The van der Waals surface area contributed by atoms with Gasteiger partial charge in [-0.25, -0.2) is 14.2 Å². The van der Waals surface area contributed by atoms with Crippen molar-refractivity contribution in [1.29, 1.82) is 0 Å². The number of pyridine rings is 1. The van der Waals surface area contributed by atoms with Crippen molar-refractivity contribution >= 4 is 11.9 Å². The van der Waals surface area contributed by atoms with Crippen LogP contribution in [-0.2, 0) is 0 Å². The van der Waals surface area contributed by atoms with Crippen molar-refractivity contribution in [3.63, 3.8) is 0 Å². The van der Waals surface area contributed by atoms with Crippen LogP contribution in [-0.4, -0.2) is 76.8 Å². The van der Waals surface area contributed by atoms with Crippen LogP contribution in [0.3, 0.4) is 0 Å². The van der Waals surface area contributed by atoms with Gasteiger partial charge in [-0.2, -0.15) is 0 Å². The van der Waals surface area contributed by atoms with E-state index < -0.39 is 12.1 Å². The van der Waals surface area contributed by atoms with Gasteiger partial charge in [-0.1, -0.05) is 38.0 Å². The van der Waals surface area contributed by atoms with Gasteiger partial charge in [0.25, 0.3) is 5.91 Å². The van der Waals surface area contributed by atoms with E-state index in [2.05, 4.69) is 22.1 Å². The largest absolute Gasteiger partial charge is 0.472 e. The van der Waals surface area contributed by atoms with E-state index >= 15 is 0 Å². The molecule has 1 fully saturated rings. The standard InChI is InChI=1S/C30H37FN4O4/c1-20-17-35(21(2)19-36)29(37)26-15-23(10-9-22-11-13-24(31)14-12-22)16-32-28(26)39-27(20)18-34(3)30(38)33-25-7-5-4-6-8-25/h11-16,20-21,25,27,36H,4-8,17-19H2,1-3H3,(H,33,38)/t20-,21+,27-/m0/s1. The van der Waals surface area contributed by atoms with E-state index in [-0.39, 0.29) is 47.8 Å². The second-order valence-electron chi connectivity index (χ2n) is 10.6. The molecule has 0 radical (unpaired) electrons. The molecule has 0 saturated heterocycles. The first-order valence-electron chi connectivity index (χ1n) is 13.6. The molecule has 0 bridgehead atoms. The Hall–Kier alpha value is -3.64. The number of halogens is 1. The Bertz CT molecular complexity index is 1220. The first-order valence-corrected chi connectivity index (χ1v) is 13.6. The van der Waals surface area contributed by atoms with Crippen LogP contribution in [0.15, 0.2) is 36.5 Å². The lowest BCUT2D eigenvalue weighted by Gasteiger charge is -2.38. The number of aliphatic hydroxyl groups is 1. The summed E-state index contributed by atoms with van der Waals surface area (Å²) >= 11 is 0. The number of likely N-dealkylation sites (N-methyl/N-ethyl adjacent to an activating group) is 1. The summed E-state index contributed by atoms with van der Waals surface area (Å²) in [5.74, 6) is 5.32. The van der Waals surface area contributed by atoms with Crippen LogP contribution >= 0.6 is 0 Å². The molecule has 1 aliphatic carbocycles. The van der Waals surface area contributed by atoms with Gasteiger partial charge in [0.1, 0.15) is 17.5 Å². The molecule has 1 aromatic carbocycles. The minimum absolute atomic E-state index is 0.138. The summed E-state index contributed by atoms with van der Waals surface area (Å²) in [5, 5.41) is 13.0. The lowest BCUT2D eigenvalue weighted by Crippen LogP contribution is -2.52. The minimum atomic E-state index is -0.434. The number of hydrogen-bond acceptors (Lipinski definition) is 5. The summed E-state index contributed by atoms with van der Waals surface area (Å²) in [5.41, 5.74) is 1.37. The van der Waals surface area contributed by atoms with Crippen LogP contribution in [0.1, 0.15) is 67.4 Å². The predicted molar refractivity (Wildman–Crippen MR) is 146 cm³/mol. The summed E-state index contributed by atoms with van der Waals surface area (Å²) in [6.07, 6.45) is 6.56. The average Bonchev–Trinajstić information content (AvgIpc) is 2.94. The van der Waals surface area contributed by atoms with Crippen LogP contribution in [0, 0.1) is 23.6 Å². The van der Waals surface area contributed by atoms with Gasteiger partial charge in [0.15, 0.2) is 0 Å². The van der Waals surface area contributed by atoms with Gasteiger partial charge in [0, 0.05) is 42.9 Å². The highest BCUT2D eigenvalue weighted by Gasteiger charge is 2.35. The van der Waals surface area contributed by atoms with Gasteiger partial charge in [-0.15, -0.1) is 0 Å². The highest BCUT2D eigenvalue weighted by molar-refractivity contribution is 5.97. The Balaban J connectivity index is 1.58. The van der Waals surface area contributed by atoms with Crippen molar-refractivity contribution in [3.05, 3.63) is 59.0 Å². The Morgan fingerprint density at radius 2 is 1.92 bits per heavy atom. The number of nitrogens with zero attached hydrogens (tertiary/aromatic N) is 3. The molecule has 1 aliphatic heterocycles.